The number of hydrogen-bond acceptors (Lipinski definition) is 25. The van der Waals surface area contributed by atoms with Crippen molar-refractivity contribution in [2.75, 3.05) is 56.9 Å². The number of methoxy groups -OCH3 is 8. The smallest absolute Gasteiger partial charge is 0.693 e. The third-order valence-electron chi connectivity index (χ3n) is 16.4. The molecule has 738 valence electrons. The summed E-state index contributed by atoms with van der Waals surface area (Å²) in [5.41, 5.74) is 10.8. The van der Waals surface area contributed by atoms with Crippen LogP contribution >= 0.6 is 56.5 Å². The molecule has 0 radical (unpaired) electrons. The predicted octanol–water partition coefficient (Wildman–Crippen LogP) is 21.4. The number of aliphatic hydroxyl groups excluding tert-OH is 8. The van der Waals surface area contributed by atoms with Gasteiger partial charge in [-0.05, 0) is 136 Å². The largest absolute Gasteiger partial charge is 0.693 e. The van der Waals surface area contributed by atoms with Crippen molar-refractivity contribution in [1.29, 1.82) is 0 Å². The molecule has 27 N–H and O–H groups in total. The molecule has 0 aliphatic rings. The third kappa shape index (κ3) is 48.1. The van der Waals surface area contributed by atoms with Crippen molar-refractivity contribution in [3.05, 3.63) is 283 Å². The number of benzene rings is 9. The van der Waals surface area contributed by atoms with Crippen LogP contribution in [0.4, 0.5) is 19.2 Å². The molecule has 0 heterocycles. The quantitative estimate of drug-likeness (QED) is 0.0106. The molecule has 132 heavy (non-hydrogen) atoms. The maximum Gasteiger partial charge on any atom is -0.693 e. The van der Waals surface area contributed by atoms with Crippen molar-refractivity contribution in [2.45, 2.75) is 72.1 Å². The van der Waals surface area contributed by atoms with Crippen molar-refractivity contribution >= 4 is 136 Å². The molecule has 0 atom stereocenters. The number of aliphatic hydroxyl groups is 8. The van der Waals surface area contributed by atoms with Crippen molar-refractivity contribution in [3.63, 3.8) is 0 Å². The van der Waals surface area contributed by atoms with E-state index in [-0.39, 0.29) is 125 Å². The maximum absolute atomic E-state index is 10.8. The zero-order valence-electron chi connectivity index (χ0n) is 71.8. The van der Waals surface area contributed by atoms with Gasteiger partial charge in [0.05, 0.1) is 110 Å². The summed E-state index contributed by atoms with van der Waals surface area (Å²) in [6, 6.07) is 43.3. The first-order valence-electron chi connectivity index (χ1n) is 35.6. The van der Waals surface area contributed by atoms with E-state index < -0.39 is 80.0 Å². The van der Waals surface area contributed by atoms with Crippen LogP contribution < -0.4 is 56.8 Å². The molecule has 0 bridgehead atoms. The fraction of sp³-hybridized carbons (Fsp3) is 0.221. The number of carbonyl (C=O) groups is 5. The fourth-order valence-electron chi connectivity index (χ4n) is 11.0. The number of nitrogens with two attached hydrogens (primary N) is 6. The van der Waals surface area contributed by atoms with Crippen molar-refractivity contribution in [3.8, 4) is 69.0 Å². The van der Waals surface area contributed by atoms with Crippen LogP contribution in [0.25, 0.3) is 85.5 Å². The predicted molar refractivity (Wildman–Crippen MR) is 499 cm³/mol. The first kappa shape index (κ1) is 133. The molecule has 9 aromatic rings. The van der Waals surface area contributed by atoms with Crippen molar-refractivity contribution < 1.29 is 202 Å². The summed E-state index contributed by atoms with van der Waals surface area (Å²) >= 11 is -1.42. The van der Waals surface area contributed by atoms with Gasteiger partial charge in [0.15, 0.2) is 46.0 Å². The van der Waals surface area contributed by atoms with Crippen molar-refractivity contribution in [2.24, 2.45) is 0 Å². The second kappa shape index (κ2) is 76.5. The van der Waals surface area contributed by atoms with Gasteiger partial charge in [-0.25, -0.2) is 19.2 Å². The van der Waals surface area contributed by atoms with E-state index in [0.717, 1.165) is 35.1 Å². The van der Waals surface area contributed by atoms with Gasteiger partial charge in [0.25, 0.3) is 0 Å². The van der Waals surface area contributed by atoms with Gasteiger partial charge < -0.3 is 166 Å². The number of aryl methyl sites for hydroxylation is 1. The standard InChI is InChI=1S/4C19H20O7.C10H12O2.6ClH.6H2N.H2O.3Pt/c4*1-24-17-9-13(7-15(11-21)18(17)25-2)4-3-12-5-6-14(10-20)16(8-12)26-19(22)23;11-10(12)8-4-7-9-5-2-1-3-6-9;;;;;;;;;;;;;;;;/h4*3-9,20-21H,10-11H2,1-2H3,(H,22,23);1-3,5-6H,4,7-8H2,(H,11,12);6*1H;7*1H2;;;/q;;;;;;;;;;;6*-1;;3*+4/p-6/b4*4-3-;;;;;;;;;;;;;;;;;. The monoisotopic (exact) mass is 2510 g/mol. The van der Waals surface area contributed by atoms with Gasteiger partial charge in [-0.15, -0.1) is 0 Å². The van der Waals surface area contributed by atoms with E-state index in [1.165, 1.54) is 86.7 Å². The van der Waals surface area contributed by atoms with Crippen LogP contribution in [0, 0.1) is 0 Å². The number of halogens is 6. The number of rotatable bonds is 32. The summed E-state index contributed by atoms with van der Waals surface area (Å²) in [5, 5.41) is 119. The normalized spacial score (nSPS) is 9.86. The molecule has 0 saturated heterocycles. The van der Waals surface area contributed by atoms with E-state index in [1.54, 1.807) is 146 Å². The van der Waals surface area contributed by atoms with Gasteiger partial charge in [-0.2, -0.15) is 0 Å². The Bertz CT molecular complexity index is 4350. The molecule has 0 unspecified atom stereocenters. The Morgan fingerprint density at radius 3 is 0.629 bits per heavy atom. The summed E-state index contributed by atoms with van der Waals surface area (Å²) in [5.74, 6) is 3.42. The summed E-state index contributed by atoms with van der Waals surface area (Å²) in [7, 11) is 41.3. The molecule has 0 aliphatic heterocycles. The summed E-state index contributed by atoms with van der Waals surface area (Å²) in [6.45, 7) is -2.15. The van der Waals surface area contributed by atoms with E-state index >= 15 is 0 Å². The Morgan fingerprint density at radius 2 is 0.462 bits per heavy atom. The first-order valence-corrected chi connectivity index (χ1v) is 52.5. The molecule has 0 fully saturated rings. The number of aliphatic carboxylic acids is 1. The van der Waals surface area contributed by atoms with E-state index in [2.05, 4.69) is 18.9 Å². The Labute approximate surface area is 812 Å². The minimum atomic E-state index is -1.45. The molecular weight excluding hydrogens is 2410 g/mol. The summed E-state index contributed by atoms with van der Waals surface area (Å²) in [6.07, 6.45) is 10.1. The second-order valence-electron chi connectivity index (χ2n) is 24.1. The van der Waals surface area contributed by atoms with Crippen LogP contribution in [-0.4, -0.2) is 159 Å². The number of carboxylic acids is 1. The van der Waals surface area contributed by atoms with Gasteiger partial charge in [0.1, 0.15) is 23.0 Å². The average molecular weight is 2520 g/mol. The van der Waals surface area contributed by atoms with Crippen molar-refractivity contribution in [1.82, 2.24) is 0 Å². The van der Waals surface area contributed by atoms with Crippen LogP contribution in [0.1, 0.15) is 107 Å². The summed E-state index contributed by atoms with van der Waals surface area (Å²) in [4.78, 5) is 53.2. The van der Waals surface area contributed by atoms with Crippen LogP contribution in [0.15, 0.2) is 152 Å². The van der Waals surface area contributed by atoms with Gasteiger partial charge >= 0.3 is 137 Å². The molecular formula is C86H106Cl6N6O31Pt3. The Morgan fingerprint density at radius 1 is 0.273 bits per heavy atom. The SMILES string of the molecule is COc1cc(/C=C\c2ccc(CO)c(OC(=O)O)c2)cc(CO)c1OC.COc1cc(/C=C\c2ccc(CO)c(OC(=O)O)c2)cc(CO)c1OC.COc1cc(/C=C\c2ccc(CO)c(OC(=O)O)c2)cc(CO)c1OC.COc1cc(/C=C\c2ccc(CO)c(OC(=O)O)c2)cc(CO)c1OC.O.O=C(O)CCCc1ccccc1.[Cl][Pt+2][Cl].[Cl][Pt+2][Cl].[Cl][Pt+2][Cl].[NH2-].[NH2-].[NH2-].[NH2-].[NH2-].[NH2-]. The molecule has 0 aromatic heterocycles. The van der Waals surface area contributed by atoms with Gasteiger partial charge in [0.2, 0.25) is 0 Å². The van der Waals surface area contributed by atoms with E-state index in [9.17, 15) is 64.8 Å². The van der Waals surface area contributed by atoms with Crippen LogP contribution in [0.3, 0.4) is 0 Å². The topological polar surface area (TPSA) is 692 Å². The first-order chi connectivity index (χ1) is 60.1. The molecule has 37 nitrogen and oxygen atoms in total. The van der Waals surface area contributed by atoms with E-state index in [4.69, 9.17) is 120 Å². The molecule has 0 spiro atoms. The Hall–Kier alpha value is -9.91. The van der Waals surface area contributed by atoms with Gasteiger partial charge in [-0.3, -0.25) is 4.79 Å². The molecule has 0 amide bonds. The molecule has 9 rings (SSSR count). The maximum atomic E-state index is 10.8. The fourth-order valence-corrected chi connectivity index (χ4v) is 11.0. The minimum absolute atomic E-state index is 0. The number of ether oxygens (including phenoxy) is 12. The molecule has 0 aliphatic carbocycles. The zero-order valence-corrected chi connectivity index (χ0v) is 83.1. The molecule has 0 saturated carbocycles. The summed E-state index contributed by atoms with van der Waals surface area (Å²) < 4.78 is 60.9. The van der Waals surface area contributed by atoms with Gasteiger partial charge in [0, 0.05) is 50.9 Å². The zero-order chi connectivity index (χ0) is 93.3. The molecule has 46 heteroatoms. The van der Waals surface area contributed by atoms with E-state index in [1.807, 2.05) is 30.3 Å². The number of carboxylic acid groups (broad SMARTS) is 5. The molecule has 9 aromatic carbocycles. The Kier molecular flexibility index (Phi) is 77.0. The van der Waals surface area contributed by atoms with E-state index in [0.29, 0.717) is 113 Å². The van der Waals surface area contributed by atoms with Crippen LogP contribution in [0.2, 0.25) is 0 Å². The van der Waals surface area contributed by atoms with Crippen LogP contribution in [0.5, 0.6) is 69.0 Å². The number of hydrogen-bond donors (Lipinski definition) is 13. The minimum Gasteiger partial charge on any atom is -0.693 e. The van der Waals surface area contributed by atoms with Crippen LogP contribution in [-0.2, 0) is 114 Å². The average Bonchev–Trinajstić information content (AvgIpc) is 0.831. The second-order valence-corrected chi connectivity index (χ2v) is 33.9. The Balaban J connectivity index is -0.000000367. The van der Waals surface area contributed by atoms with Gasteiger partial charge in [-0.1, -0.05) is 127 Å². The third-order valence-corrected chi connectivity index (χ3v) is 16.4.